The molecule has 1 N–H and O–H groups in total. The van der Waals surface area contributed by atoms with Crippen LogP contribution in [0.1, 0.15) is 26.7 Å². The Labute approximate surface area is 107 Å². The number of nitrogens with zero attached hydrogens (tertiary/aromatic N) is 1. The Hall–Kier alpha value is -1.10. The molecular weight excluding hydrogens is 234 g/mol. The van der Waals surface area contributed by atoms with E-state index in [2.05, 4.69) is 0 Å². The molecule has 1 aliphatic heterocycles. The van der Waals surface area contributed by atoms with E-state index in [1.165, 1.54) is 0 Å². The molecule has 0 spiro atoms. The van der Waals surface area contributed by atoms with Crippen LogP contribution < -0.4 is 0 Å². The quantitative estimate of drug-likeness (QED) is 0.813. The summed E-state index contributed by atoms with van der Waals surface area (Å²) in [6.45, 7) is 5.61. The zero-order valence-corrected chi connectivity index (χ0v) is 11.0. The van der Waals surface area contributed by atoms with Gasteiger partial charge in [-0.15, -0.1) is 0 Å². The summed E-state index contributed by atoms with van der Waals surface area (Å²) in [6.07, 6.45) is 1.48. The molecule has 0 radical (unpaired) electrons. The highest BCUT2D eigenvalue weighted by molar-refractivity contribution is 5.82. The average Bonchev–Trinajstić information content (AvgIpc) is 3.07. The summed E-state index contributed by atoms with van der Waals surface area (Å²) in [5.41, 5.74) is 0. The fourth-order valence-electron chi connectivity index (χ4n) is 2.78. The molecule has 1 saturated carbocycles. The minimum atomic E-state index is -0.742. The van der Waals surface area contributed by atoms with Gasteiger partial charge in [-0.25, -0.2) is 0 Å². The Kier molecular flexibility index (Phi) is 3.90. The van der Waals surface area contributed by atoms with Gasteiger partial charge >= 0.3 is 5.97 Å². The van der Waals surface area contributed by atoms with Crippen LogP contribution in [0.15, 0.2) is 0 Å². The lowest BCUT2D eigenvalue weighted by Crippen LogP contribution is -2.45. The zero-order valence-electron chi connectivity index (χ0n) is 11.0. The fraction of sp³-hybridized carbons (Fsp3) is 0.846. The smallest absolute Gasteiger partial charge is 0.306 e. The maximum atomic E-state index is 12.2. The molecule has 1 amide bonds. The maximum absolute atomic E-state index is 12.2. The molecule has 0 aromatic heterocycles. The summed E-state index contributed by atoms with van der Waals surface area (Å²) in [4.78, 5) is 25.0. The van der Waals surface area contributed by atoms with E-state index < -0.39 is 5.97 Å². The monoisotopic (exact) mass is 255 g/mol. The van der Waals surface area contributed by atoms with Crippen LogP contribution in [0.3, 0.4) is 0 Å². The van der Waals surface area contributed by atoms with Crippen LogP contribution in [0.5, 0.6) is 0 Å². The third-order valence-corrected chi connectivity index (χ3v) is 3.96. The third-order valence-electron chi connectivity index (χ3n) is 3.96. The van der Waals surface area contributed by atoms with Crippen LogP contribution in [0.2, 0.25) is 0 Å². The second kappa shape index (κ2) is 5.26. The van der Waals surface area contributed by atoms with Crippen LogP contribution in [0, 0.1) is 17.8 Å². The standard InChI is InChI=1S/C13H21NO4/c1-3-18-11-6-10(11)12(15)14-5-4-9(13(16)17)8(2)7-14/h8-11H,3-7H2,1-2H3,(H,16,17). The molecular formula is C13H21NO4. The first-order valence-corrected chi connectivity index (χ1v) is 6.67. The van der Waals surface area contributed by atoms with E-state index in [-0.39, 0.29) is 29.8 Å². The summed E-state index contributed by atoms with van der Waals surface area (Å²) in [6, 6.07) is 0. The Morgan fingerprint density at radius 2 is 2.11 bits per heavy atom. The molecule has 1 saturated heterocycles. The maximum Gasteiger partial charge on any atom is 0.306 e. The van der Waals surface area contributed by atoms with Gasteiger partial charge in [-0.2, -0.15) is 0 Å². The number of rotatable bonds is 4. The van der Waals surface area contributed by atoms with Gasteiger partial charge in [0.05, 0.1) is 17.9 Å². The van der Waals surface area contributed by atoms with Gasteiger partial charge in [0.25, 0.3) is 0 Å². The minimum absolute atomic E-state index is 0.0125. The molecule has 2 fully saturated rings. The Morgan fingerprint density at radius 1 is 1.39 bits per heavy atom. The lowest BCUT2D eigenvalue weighted by atomic mass is 9.87. The van der Waals surface area contributed by atoms with Crippen molar-refractivity contribution in [2.24, 2.45) is 17.8 Å². The highest BCUT2D eigenvalue weighted by atomic mass is 16.5. The van der Waals surface area contributed by atoms with E-state index in [0.29, 0.717) is 26.1 Å². The van der Waals surface area contributed by atoms with E-state index in [1.54, 1.807) is 0 Å². The van der Waals surface area contributed by atoms with E-state index in [9.17, 15) is 9.59 Å². The largest absolute Gasteiger partial charge is 0.481 e. The van der Waals surface area contributed by atoms with Crippen molar-refractivity contribution in [3.63, 3.8) is 0 Å². The molecule has 2 rings (SSSR count). The first kappa shape index (κ1) is 13.3. The van der Waals surface area contributed by atoms with Crippen molar-refractivity contribution in [1.29, 1.82) is 0 Å². The number of aliphatic carboxylic acids is 1. The molecule has 1 aliphatic carbocycles. The molecule has 5 heteroatoms. The first-order chi connectivity index (χ1) is 8.54. The Morgan fingerprint density at radius 3 is 2.67 bits per heavy atom. The number of carboxylic acids is 1. The molecule has 1 heterocycles. The molecule has 2 aliphatic rings. The third kappa shape index (κ3) is 2.66. The predicted molar refractivity (Wildman–Crippen MR) is 65.0 cm³/mol. The molecule has 4 atom stereocenters. The normalized spacial score (nSPS) is 35.3. The number of likely N-dealkylation sites (tertiary alicyclic amines) is 1. The molecule has 0 bridgehead atoms. The van der Waals surface area contributed by atoms with Crippen LogP contribution in [-0.4, -0.2) is 47.7 Å². The minimum Gasteiger partial charge on any atom is -0.481 e. The molecule has 0 aromatic rings. The van der Waals surface area contributed by atoms with Crippen molar-refractivity contribution in [1.82, 2.24) is 4.90 Å². The van der Waals surface area contributed by atoms with Crippen LogP contribution in [0.25, 0.3) is 0 Å². The number of carbonyl (C=O) groups is 2. The van der Waals surface area contributed by atoms with Crippen molar-refractivity contribution in [3.8, 4) is 0 Å². The second-order valence-corrected chi connectivity index (χ2v) is 5.33. The molecule has 4 unspecified atom stereocenters. The van der Waals surface area contributed by atoms with E-state index in [1.807, 2.05) is 18.7 Å². The van der Waals surface area contributed by atoms with Crippen LogP contribution in [0.4, 0.5) is 0 Å². The van der Waals surface area contributed by atoms with Crippen molar-refractivity contribution in [3.05, 3.63) is 0 Å². The van der Waals surface area contributed by atoms with Crippen LogP contribution in [-0.2, 0) is 14.3 Å². The summed E-state index contributed by atoms with van der Waals surface area (Å²) in [5, 5.41) is 9.04. The molecule has 0 aromatic carbocycles. The van der Waals surface area contributed by atoms with Crippen molar-refractivity contribution in [2.45, 2.75) is 32.8 Å². The Balaban J connectivity index is 1.85. The van der Waals surface area contributed by atoms with Crippen molar-refractivity contribution >= 4 is 11.9 Å². The number of amides is 1. The highest BCUT2D eigenvalue weighted by Crippen LogP contribution is 2.36. The highest BCUT2D eigenvalue weighted by Gasteiger charge is 2.47. The number of ether oxygens (including phenoxy) is 1. The SMILES string of the molecule is CCOC1CC1C(=O)N1CCC(C(=O)O)C(C)C1. The number of hydrogen-bond donors (Lipinski definition) is 1. The van der Waals surface area contributed by atoms with Gasteiger partial charge in [0.15, 0.2) is 0 Å². The summed E-state index contributed by atoms with van der Waals surface area (Å²) in [7, 11) is 0. The first-order valence-electron chi connectivity index (χ1n) is 6.67. The average molecular weight is 255 g/mol. The predicted octanol–water partition coefficient (Wildman–Crippen LogP) is 0.981. The van der Waals surface area contributed by atoms with Gasteiger partial charge in [0, 0.05) is 19.7 Å². The summed E-state index contributed by atoms with van der Waals surface area (Å²) < 4.78 is 5.42. The van der Waals surface area contributed by atoms with Gasteiger partial charge in [-0.1, -0.05) is 6.92 Å². The fourth-order valence-corrected chi connectivity index (χ4v) is 2.78. The van der Waals surface area contributed by atoms with Crippen molar-refractivity contribution < 1.29 is 19.4 Å². The van der Waals surface area contributed by atoms with Crippen molar-refractivity contribution in [2.75, 3.05) is 19.7 Å². The van der Waals surface area contributed by atoms with Crippen LogP contribution >= 0.6 is 0 Å². The number of piperidine rings is 1. The van der Waals surface area contributed by atoms with Gasteiger partial charge < -0.3 is 14.7 Å². The van der Waals surface area contributed by atoms with Gasteiger partial charge in [-0.3, -0.25) is 9.59 Å². The van der Waals surface area contributed by atoms with E-state index >= 15 is 0 Å². The van der Waals surface area contributed by atoms with Gasteiger partial charge in [-0.05, 0) is 25.7 Å². The Bertz CT molecular complexity index is 344. The van der Waals surface area contributed by atoms with E-state index in [4.69, 9.17) is 9.84 Å². The lowest BCUT2D eigenvalue weighted by Gasteiger charge is -2.35. The summed E-state index contributed by atoms with van der Waals surface area (Å²) >= 11 is 0. The molecule has 5 nitrogen and oxygen atoms in total. The number of carboxylic acid groups (broad SMARTS) is 1. The zero-order chi connectivity index (χ0) is 13.3. The number of carbonyl (C=O) groups excluding carboxylic acids is 1. The topological polar surface area (TPSA) is 66.8 Å². The molecule has 18 heavy (non-hydrogen) atoms. The second-order valence-electron chi connectivity index (χ2n) is 5.33. The van der Waals surface area contributed by atoms with Gasteiger partial charge in [0.1, 0.15) is 0 Å². The molecule has 102 valence electrons. The van der Waals surface area contributed by atoms with Gasteiger partial charge in [0.2, 0.25) is 5.91 Å². The summed E-state index contributed by atoms with van der Waals surface area (Å²) in [5.74, 6) is -0.865. The lowest BCUT2D eigenvalue weighted by molar-refractivity contribution is -0.149. The number of hydrogen-bond acceptors (Lipinski definition) is 3. The van der Waals surface area contributed by atoms with E-state index in [0.717, 1.165) is 6.42 Å².